The molecule has 2 fully saturated rings. The first kappa shape index (κ1) is 15.0. The molecule has 21 heavy (non-hydrogen) atoms. The van der Waals surface area contributed by atoms with Gasteiger partial charge < -0.3 is 10.1 Å². The van der Waals surface area contributed by atoms with E-state index in [-0.39, 0.29) is 0 Å². The Balaban J connectivity index is 1.55. The molecule has 0 aromatic carbocycles. The van der Waals surface area contributed by atoms with Gasteiger partial charge in [-0.15, -0.1) is 0 Å². The summed E-state index contributed by atoms with van der Waals surface area (Å²) < 4.78 is 7.99. The molecular weight excluding hydrogens is 264 g/mol. The molecule has 5 heteroatoms. The molecule has 0 radical (unpaired) electrons. The van der Waals surface area contributed by atoms with E-state index in [1.54, 1.807) is 0 Å². The molecule has 3 atom stereocenters. The normalized spacial score (nSPS) is 27.8. The summed E-state index contributed by atoms with van der Waals surface area (Å²) in [6.07, 6.45) is 2.96. The van der Waals surface area contributed by atoms with Crippen LogP contribution in [0.4, 0.5) is 0 Å². The van der Waals surface area contributed by atoms with Crippen LogP contribution in [0.5, 0.6) is 0 Å². The summed E-state index contributed by atoms with van der Waals surface area (Å²) in [5.41, 5.74) is 3.70. The Labute approximate surface area is 127 Å². The number of aryl methyl sites for hydroxylation is 2. The quantitative estimate of drug-likeness (QED) is 0.914. The first-order valence-electron chi connectivity index (χ1n) is 8.15. The van der Waals surface area contributed by atoms with Crippen LogP contribution in [0.25, 0.3) is 0 Å². The molecule has 1 N–H and O–H groups in total. The minimum absolute atomic E-state index is 0.318. The second kappa shape index (κ2) is 6.07. The molecule has 3 heterocycles. The fourth-order valence-corrected chi connectivity index (χ4v) is 3.84. The van der Waals surface area contributed by atoms with Crippen molar-refractivity contribution in [3.05, 3.63) is 17.0 Å². The van der Waals surface area contributed by atoms with Gasteiger partial charge in [0.05, 0.1) is 18.4 Å². The molecule has 0 aliphatic carbocycles. The number of nitrogens with one attached hydrogen (secondary N) is 1. The van der Waals surface area contributed by atoms with Gasteiger partial charge in [-0.25, -0.2) is 0 Å². The largest absolute Gasteiger partial charge is 0.374 e. The van der Waals surface area contributed by atoms with E-state index in [1.165, 1.54) is 30.6 Å². The van der Waals surface area contributed by atoms with Crippen molar-refractivity contribution in [1.29, 1.82) is 0 Å². The minimum atomic E-state index is 0.318. The molecule has 118 valence electrons. The van der Waals surface area contributed by atoms with Gasteiger partial charge in [0.1, 0.15) is 0 Å². The van der Waals surface area contributed by atoms with Gasteiger partial charge in [-0.1, -0.05) is 0 Å². The maximum atomic E-state index is 6.02. The molecule has 5 nitrogen and oxygen atoms in total. The third-order valence-electron chi connectivity index (χ3n) is 5.11. The van der Waals surface area contributed by atoms with Crippen LogP contribution in [0.2, 0.25) is 0 Å². The van der Waals surface area contributed by atoms with Gasteiger partial charge in [0.15, 0.2) is 0 Å². The summed E-state index contributed by atoms with van der Waals surface area (Å²) in [5.74, 6) is 0. The standard InChI is InChI=1S/C16H28N4O/c1-11(16-12(2)18-19(4)13(16)3)17-8-15-9-20-7-5-6-14(20)10-21-15/h11,14-15,17H,5-10H2,1-4H3. The maximum absolute atomic E-state index is 6.02. The first-order valence-corrected chi connectivity index (χ1v) is 8.15. The van der Waals surface area contributed by atoms with Crippen LogP contribution in [0.1, 0.15) is 42.8 Å². The lowest BCUT2D eigenvalue weighted by Gasteiger charge is -2.35. The molecule has 1 aromatic heterocycles. The van der Waals surface area contributed by atoms with Crippen LogP contribution < -0.4 is 5.32 Å². The lowest BCUT2D eigenvalue weighted by molar-refractivity contribution is -0.0477. The minimum Gasteiger partial charge on any atom is -0.374 e. The van der Waals surface area contributed by atoms with Gasteiger partial charge in [0, 0.05) is 43.5 Å². The number of ether oxygens (including phenoxy) is 1. The lowest BCUT2D eigenvalue weighted by Crippen LogP contribution is -2.49. The van der Waals surface area contributed by atoms with Crippen molar-refractivity contribution < 1.29 is 4.74 Å². The van der Waals surface area contributed by atoms with E-state index in [0.29, 0.717) is 18.2 Å². The summed E-state index contributed by atoms with van der Waals surface area (Å²) in [7, 11) is 2.01. The molecule has 2 saturated heterocycles. The van der Waals surface area contributed by atoms with Crippen LogP contribution in [-0.4, -0.2) is 53.1 Å². The van der Waals surface area contributed by atoms with Gasteiger partial charge in [0.2, 0.25) is 0 Å². The highest BCUT2D eigenvalue weighted by atomic mass is 16.5. The van der Waals surface area contributed by atoms with Gasteiger partial charge in [-0.2, -0.15) is 5.10 Å². The highest BCUT2D eigenvalue weighted by Crippen LogP contribution is 2.24. The third-order valence-corrected chi connectivity index (χ3v) is 5.11. The van der Waals surface area contributed by atoms with Gasteiger partial charge in [-0.3, -0.25) is 9.58 Å². The molecule has 3 rings (SSSR count). The topological polar surface area (TPSA) is 42.3 Å². The molecule has 0 saturated carbocycles. The number of rotatable bonds is 4. The van der Waals surface area contributed by atoms with E-state index in [4.69, 9.17) is 4.74 Å². The summed E-state index contributed by atoms with van der Waals surface area (Å²) >= 11 is 0. The SMILES string of the molecule is Cc1nn(C)c(C)c1C(C)NCC1CN2CCCC2CO1. The predicted molar refractivity (Wildman–Crippen MR) is 83.4 cm³/mol. The van der Waals surface area contributed by atoms with Gasteiger partial charge in [-0.05, 0) is 40.2 Å². The smallest absolute Gasteiger partial charge is 0.0827 e. The Morgan fingerprint density at radius 2 is 2.24 bits per heavy atom. The predicted octanol–water partition coefficient (Wildman–Crippen LogP) is 1.55. The Hall–Kier alpha value is -0.910. The molecule has 2 aliphatic rings. The summed E-state index contributed by atoms with van der Waals surface area (Å²) in [4.78, 5) is 2.60. The second-order valence-corrected chi connectivity index (χ2v) is 6.58. The van der Waals surface area contributed by atoms with Crippen LogP contribution >= 0.6 is 0 Å². The van der Waals surface area contributed by atoms with E-state index in [2.05, 4.69) is 36.1 Å². The van der Waals surface area contributed by atoms with Crippen molar-refractivity contribution in [3.63, 3.8) is 0 Å². The number of fused-ring (bicyclic) bond motifs is 1. The van der Waals surface area contributed by atoms with E-state index in [0.717, 1.165) is 25.4 Å². The average molecular weight is 292 g/mol. The molecule has 3 unspecified atom stereocenters. The monoisotopic (exact) mass is 292 g/mol. The van der Waals surface area contributed by atoms with E-state index < -0.39 is 0 Å². The Kier molecular flexibility index (Phi) is 4.33. The fourth-order valence-electron chi connectivity index (χ4n) is 3.84. The summed E-state index contributed by atoms with van der Waals surface area (Å²) in [5, 5.41) is 8.15. The number of hydrogen-bond donors (Lipinski definition) is 1. The molecular formula is C16H28N4O. The summed E-state index contributed by atoms with van der Waals surface area (Å²) in [6, 6.07) is 1.00. The third kappa shape index (κ3) is 3.00. The molecule has 0 amide bonds. The lowest BCUT2D eigenvalue weighted by atomic mass is 10.1. The van der Waals surface area contributed by atoms with Crippen molar-refractivity contribution in [1.82, 2.24) is 20.0 Å². The second-order valence-electron chi connectivity index (χ2n) is 6.58. The zero-order valence-corrected chi connectivity index (χ0v) is 13.7. The van der Waals surface area contributed by atoms with Crippen LogP contribution in [0, 0.1) is 13.8 Å². The van der Waals surface area contributed by atoms with Crippen molar-refractivity contribution in [2.45, 2.75) is 51.8 Å². The molecule has 2 aliphatic heterocycles. The highest BCUT2D eigenvalue weighted by molar-refractivity contribution is 5.27. The zero-order chi connectivity index (χ0) is 15.0. The van der Waals surface area contributed by atoms with E-state index in [1.807, 2.05) is 11.7 Å². The van der Waals surface area contributed by atoms with E-state index >= 15 is 0 Å². The van der Waals surface area contributed by atoms with Crippen LogP contribution in [-0.2, 0) is 11.8 Å². The number of nitrogens with zero attached hydrogens (tertiary/aromatic N) is 3. The Morgan fingerprint density at radius 1 is 1.43 bits per heavy atom. The highest BCUT2D eigenvalue weighted by Gasteiger charge is 2.32. The van der Waals surface area contributed by atoms with Crippen LogP contribution in [0.15, 0.2) is 0 Å². The number of hydrogen-bond acceptors (Lipinski definition) is 4. The average Bonchev–Trinajstić information content (AvgIpc) is 3.01. The van der Waals surface area contributed by atoms with Crippen molar-refractivity contribution in [3.8, 4) is 0 Å². The van der Waals surface area contributed by atoms with Crippen molar-refractivity contribution >= 4 is 0 Å². The van der Waals surface area contributed by atoms with Gasteiger partial charge >= 0.3 is 0 Å². The number of aromatic nitrogens is 2. The Bertz CT molecular complexity index is 499. The first-order chi connectivity index (χ1) is 10.1. The van der Waals surface area contributed by atoms with Crippen molar-refractivity contribution in [2.24, 2.45) is 7.05 Å². The molecule has 0 bridgehead atoms. The Morgan fingerprint density at radius 3 is 2.95 bits per heavy atom. The maximum Gasteiger partial charge on any atom is 0.0827 e. The zero-order valence-electron chi connectivity index (χ0n) is 13.7. The van der Waals surface area contributed by atoms with Crippen molar-refractivity contribution in [2.75, 3.05) is 26.2 Å². The van der Waals surface area contributed by atoms with E-state index in [9.17, 15) is 0 Å². The van der Waals surface area contributed by atoms with Crippen LogP contribution in [0.3, 0.4) is 0 Å². The molecule has 0 spiro atoms. The summed E-state index contributed by atoms with van der Waals surface area (Å²) in [6.45, 7) is 10.6. The van der Waals surface area contributed by atoms with Gasteiger partial charge in [0.25, 0.3) is 0 Å². The fraction of sp³-hybridized carbons (Fsp3) is 0.812. The molecule has 1 aromatic rings. The number of morpholine rings is 1.